The molecule has 7 heteroatoms. The zero-order chi connectivity index (χ0) is 37.3. The van der Waals surface area contributed by atoms with Crippen LogP contribution < -0.4 is 0 Å². The highest BCUT2D eigenvalue weighted by atomic mass is 15.1. The summed E-state index contributed by atoms with van der Waals surface area (Å²) in [4.78, 5) is 15.2. The van der Waals surface area contributed by atoms with Gasteiger partial charge < -0.3 is 4.57 Å². The summed E-state index contributed by atoms with van der Waals surface area (Å²) in [7, 11) is 0. The van der Waals surface area contributed by atoms with E-state index < -0.39 is 0 Å². The summed E-state index contributed by atoms with van der Waals surface area (Å²) in [6.07, 6.45) is 0. The minimum Gasteiger partial charge on any atom is -0.309 e. The minimum atomic E-state index is 0.444. The van der Waals surface area contributed by atoms with Gasteiger partial charge in [-0.1, -0.05) is 109 Å². The zero-order valence-electron chi connectivity index (χ0n) is 29.2. The Bertz CT molecular complexity index is 3000. The van der Waals surface area contributed by atoms with E-state index in [1.807, 2.05) is 109 Å². The Morgan fingerprint density at radius 2 is 0.964 bits per heavy atom. The second-order valence-corrected chi connectivity index (χ2v) is 13.0. The lowest BCUT2D eigenvalue weighted by Crippen LogP contribution is -2.04. The fourth-order valence-corrected chi connectivity index (χ4v) is 7.11. The molecule has 0 spiro atoms. The molecule has 0 aliphatic carbocycles. The van der Waals surface area contributed by atoms with Crippen molar-refractivity contribution in [1.82, 2.24) is 19.5 Å². The van der Waals surface area contributed by atoms with Crippen molar-refractivity contribution < 1.29 is 0 Å². The molecule has 0 bridgehead atoms. The van der Waals surface area contributed by atoms with E-state index >= 15 is 0 Å². The Morgan fingerprint density at radius 3 is 1.64 bits per heavy atom. The first kappa shape index (κ1) is 32.7. The summed E-state index contributed by atoms with van der Waals surface area (Å²) in [6, 6.07) is 60.0. The van der Waals surface area contributed by atoms with Crippen molar-refractivity contribution in [1.29, 1.82) is 15.8 Å². The monoisotopic (exact) mass is 701 g/mol. The topological polar surface area (TPSA) is 115 Å². The molecule has 0 radical (unpaired) electrons. The quantitative estimate of drug-likeness (QED) is 0.170. The lowest BCUT2D eigenvalue weighted by molar-refractivity contribution is 1.06. The van der Waals surface area contributed by atoms with E-state index in [1.54, 1.807) is 12.1 Å². The third-order valence-corrected chi connectivity index (χ3v) is 9.78. The number of rotatable bonds is 6. The number of nitrogens with zero attached hydrogens (tertiary/aromatic N) is 7. The third kappa shape index (κ3) is 5.93. The summed E-state index contributed by atoms with van der Waals surface area (Å²) in [5.74, 6) is 1.63. The minimum absolute atomic E-state index is 0.444. The molecule has 55 heavy (non-hydrogen) atoms. The first-order chi connectivity index (χ1) is 27.1. The Morgan fingerprint density at radius 1 is 0.382 bits per heavy atom. The molecular formula is C48H27N7. The van der Waals surface area contributed by atoms with E-state index in [-0.39, 0.29) is 0 Å². The van der Waals surface area contributed by atoms with Crippen molar-refractivity contribution in [3.8, 4) is 80.3 Å². The Balaban J connectivity index is 1.32. The third-order valence-electron chi connectivity index (χ3n) is 9.78. The number of benzene rings is 7. The fraction of sp³-hybridized carbons (Fsp3) is 0. The summed E-state index contributed by atoms with van der Waals surface area (Å²) < 4.78 is 2.24. The summed E-state index contributed by atoms with van der Waals surface area (Å²) in [5, 5.41) is 31.0. The van der Waals surface area contributed by atoms with E-state index in [4.69, 9.17) is 15.0 Å². The van der Waals surface area contributed by atoms with Crippen molar-refractivity contribution in [2.24, 2.45) is 0 Å². The first-order valence-corrected chi connectivity index (χ1v) is 17.6. The van der Waals surface area contributed by atoms with Crippen LogP contribution in [0.3, 0.4) is 0 Å². The molecule has 0 N–H and O–H groups in total. The molecule has 0 saturated heterocycles. The summed E-state index contributed by atoms with van der Waals surface area (Å²) >= 11 is 0. The van der Waals surface area contributed by atoms with E-state index in [0.29, 0.717) is 34.2 Å². The largest absolute Gasteiger partial charge is 0.309 e. The predicted octanol–water partition coefficient (Wildman–Crippen LogP) is 10.9. The molecule has 0 amide bonds. The van der Waals surface area contributed by atoms with Gasteiger partial charge in [-0.05, 0) is 76.9 Å². The van der Waals surface area contributed by atoms with Crippen LogP contribution in [0, 0.1) is 34.0 Å². The van der Waals surface area contributed by atoms with Gasteiger partial charge in [0.05, 0.1) is 51.6 Å². The van der Waals surface area contributed by atoms with Crippen LogP contribution in [-0.2, 0) is 0 Å². The second kappa shape index (κ2) is 13.7. The number of hydrogen-bond donors (Lipinski definition) is 0. The normalized spacial score (nSPS) is 10.9. The average Bonchev–Trinajstić information content (AvgIpc) is 3.60. The van der Waals surface area contributed by atoms with Crippen LogP contribution in [0.4, 0.5) is 0 Å². The molecule has 2 aromatic heterocycles. The van der Waals surface area contributed by atoms with E-state index in [0.717, 1.165) is 66.4 Å². The van der Waals surface area contributed by atoms with E-state index in [2.05, 4.69) is 65.2 Å². The fourth-order valence-electron chi connectivity index (χ4n) is 7.11. The van der Waals surface area contributed by atoms with Crippen LogP contribution in [0.25, 0.3) is 83.9 Å². The molecular weight excluding hydrogens is 675 g/mol. The van der Waals surface area contributed by atoms with Gasteiger partial charge in [0, 0.05) is 27.5 Å². The molecule has 9 aromatic rings. The molecule has 0 atom stereocenters. The molecule has 2 heterocycles. The number of para-hydroxylation sites is 1. The summed E-state index contributed by atoms with van der Waals surface area (Å²) in [6.45, 7) is 0. The maximum atomic E-state index is 10.00. The van der Waals surface area contributed by atoms with Crippen molar-refractivity contribution in [3.05, 3.63) is 180 Å². The summed E-state index contributed by atoms with van der Waals surface area (Å²) in [5.41, 5.74) is 10.4. The molecule has 9 rings (SSSR count). The standard InChI is InChI=1S/C48H27N7/c49-28-31-15-18-33(19-16-31)36-20-23-45(42(26-36)48-53-46(34-9-3-1-4-10-34)52-47(54-48)35-11-5-2-6-12-35)55-43-14-8-7-13-40(43)41-27-37(21-24-44(41)55)39-22-17-32(29-50)25-38(39)30-51/h1-27H. The van der Waals surface area contributed by atoms with Crippen molar-refractivity contribution >= 4 is 21.8 Å². The van der Waals surface area contributed by atoms with Gasteiger partial charge in [-0.25, -0.2) is 15.0 Å². The predicted molar refractivity (Wildman–Crippen MR) is 215 cm³/mol. The molecule has 254 valence electrons. The molecule has 0 aliphatic rings. The number of nitriles is 3. The average molecular weight is 702 g/mol. The molecule has 7 aromatic carbocycles. The van der Waals surface area contributed by atoms with Crippen LogP contribution in [0.15, 0.2) is 164 Å². The van der Waals surface area contributed by atoms with Gasteiger partial charge >= 0.3 is 0 Å². The van der Waals surface area contributed by atoms with Gasteiger partial charge in [-0.3, -0.25) is 0 Å². The Hall–Kier alpha value is -8.18. The van der Waals surface area contributed by atoms with Crippen LogP contribution in [-0.4, -0.2) is 19.5 Å². The number of aromatic nitrogens is 4. The Labute approximate surface area is 316 Å². The molecule has 0 unspecified atom stereocenters. The highest BCUT2D eigenvalue weighted by molar-refractivity contribution is 6.11. The maximum Gasteiger partial charge on any atom is 0.166 e. The SMILES string of the molecule is N#Cc1ccc(-c2ccc(-n3c4ccccc4c4cc(-c5ccc(C#N)cc5C#N)ccc43)c(-c3nc(-c4ccccc4)nc(-c4ccccc4)n3)c2)cc1. The molecule has 7 nitrogen and oxygen atoms in total. The van der Waals surface area contributed by atoms with Gasteiger partial charge in [0.2, 0.25) is 0 Å². The second-order valence-electron chi connectivity index (χ2n) is 13.0. The van der Waals surface area contributed by atoms with Crippen LogP contribution in [0.1, 0.15) is 16.7 Å². The van der Waals surface area contributed by atoms with Gasteiger partial charge in [0.15, 0.2) is 17.5 Å². The smallest absolute Gasteiger partial charge is 0.166 e. The Kier molecular flexibility index (Phi) is 8.18. The van der Waals surface area contributed by atoms with E-state index in [1.165, 1.54) is 0 Å². The van der Waals surface area contributed by atoms with Gasteiger partial charge in [-0.15, -0.1) is 0 Å². The van der Waals surface area contributed by atoms with Crippen molar-refractivity contribution in [2.75, 3.05) is 0 Å². The van der Waals surface area contributed by atoms with Crippen molar-refractivity contribution in [3.63, 3.8) is 0 Å². The van der Waals surface area contributed by atoms with Gasteiger partial charge in [0.1, 0.15) is 0 Å². The highest BCUT2D eigenvalue weighted by Gasteiger charge is 2.21. The lowest BCUT2D eigenvalue weighted by Gasteiger charge is -2.16. The zero-order valence-corrected chi connectivity index (χ0v) is 29.2. The van der Waals surface area contributed by atoms with E-state index in [9.17, 15) is 15.8 Å². The maximum absolute atomic E-state index is 10.00. The number of hydrogen-bond acceptors (Lipinski definition) is 6. The van der Waals surface area contributed by atoms with Crippen LogP contribution in [0.2, 0.25) is 0 Å². The molecule has 0 aliphatic heterocycles. The number of fused-ring (bicyclic) bond motifs is 3. The molecule has 0 fully saturated rings. The van der Waals surface area contributed by atoms with Crippen LogP contribution in [0.5, 0.6) is 0 Å². The highest BCUT2D eigenvalue weighted by Crippen LogP contribution is 2.40. The molecule has 0 saturated carbocycles. The van der Waals surface area contributed by atoms with Gasteiger partial charge in [-0.2, -0.15) is 15.8 Å². The van der Waals surface area contributed by atoms with Crippen LogP contribution >= 0.6 is 0 Å². The van der Waals surface area contributed by atoms with Crippen molar-refractivity contribution in [2.45, 2.75) is 0 Å². The lowest BCUT2D eigenvalue weighted by atomic mass is 9.97. The van der Waals surface area contributed by atoms with Gasteiger partial charge in [0.25, 0.3) is 0 Å². The first-order valence-electron chi connectivity index (χ1n) is 17.6.